The van der Waals surface area contributed by atoms with E-state index >= 15 is 0 Å². The third-order valence-corrected chi connectivity index (χ3v) is 3.00. The fourth-order valence-corrected chi connectivity index (χ4v) is 1.86. The number of nitrogens with one attached hydrogen (secondary N) is 1. The highest BCUT2D eigenvalue weighted by atomic mass is 16.6. The largest absolute Gasteiger partial charge is 0.481 e. The van der Waals surface area contributed by atoms with Crippen molar-refractivity contribution in [1.29, 1.82) is 0 Å². The number of hydrogen-bond donors (Lipinski definition) is 2. The Bertz CT molecular complexity index is 532. The van der Waals surface area contributed by atoms with Crippen LogP contribution in [-0.4, -0.2) is 22.8 Å². The van der Waals surface area contributed by atoms with E-state index in [0.717, 1.165) is 16.7 Å². The third kappa shape index (κ3) is 5.85. The highest BCUT2D eigenvalue weighted by molar-refractivity contribution is 5.72. The minimum atomic E-state index is -0.978. The molecule has 0 aliphatic heterocycles. The first-order valence-corrected chi connectivity index (χ1v) is 6.87. The van der Waals surface area contributed by atoms with E-state index in [1.165, 1.54) is 0 Å². The van der Waals surface area contributed by atoms with Crippen LogP contribution in [0.15, 0.2) is 18.2 Å². The van der Waals surface area contributed by atoms with Gasteiger partial charge in [-0.3, -0.25) is 4.79 Å². The molecule has 1 unspecified atom stereocenters. The number of ether oxygens (including phenoxy) is 1. The molecule has 0 fully saturated rings. The lowest BCUT2D eigenvalue weighted by Crippen LogP contribution is -2.35. The number of alkyl carbamates (subject to hydrolysis) is 1. The Labute approximate surface area is 125 Å². The van der Waals surface area contributed by atoms with Gasteiger partial charge in [0.25, 0.3) is 0 Å². The van der Waals surface area contributed by atoms with Crippen molar-refractivity contribution in [2.24, 2.45) is 0 Å². The minimum absolute atomic E-state index is 0.193. The van der Waals surface area contributed by atoms with Crippen LogP contribution in [0.4, 0.5) is 4.79 Å². The van der Waals surface area contributed by atoms with Gasteiger partial charge in [0, 0.05) is 0 Å². The van der Waals surface area contributed by atoms with Crippen LogP contribution >= 0.6 is 0 Å². The van der Waals surface area contributed by atoms with Crippen LogP contribution in [-0.2, 0) is 9.53 Å². The fraction of sp³-hybridized carbons (Fsp3) is 0.500. The van der Waals surface area contributed by atoms with E-state index < -0.39 is 23.7 Å². The van der Waals surface area contributed by atoms with Gasteiger partial charge in [-0.15, -0.1) is 0 Å². The summed E-state index contributed by atoms with van der Waals surface area (Å²) in [7, 11) is 0. The molecular formula is C16H23NO4. The molecular weight excluding hydrogens is 270 g/mol. The molecule has 0 saturated heterocycles. The number of carbonyl (C=O) groups is 2. The number of amides is 1. The van der Waals surface area contributed by atoms with Crippen molar-refractivity contribution in [3.05, 3.63) is 34.9 Å². The standard InChI is InChI=1S/C16H23NO4/c1-10-6-7-12(8-11(10)2)13(9-14(18)19)17-15(20)21-16(3,4)5/h6-8,13H,9H2,1-5H3,(H,17,20)(H,18,19). The van der Waals surface area contributed by atoms with E-state index in [1.54, 1.807) is 20.8 Å². The van der Waals surface area contributed by atoms with Gasteiger partial charge in [0.2, 0.25) is 0 Å². The summed E-state index contributed by atoms with van der Waals surface area (Å²) in [5.74, 6) is -0.978. The maximum absolute atomic E-state index is 11.8. The summed E-state index contributed by atoms with van der Waals surface area (Å²) in [6.07, 6.45) is -0.811. The molecule has 0 bridgehead atoms. The van der Waals surface area contributed by atoms with Gasteiger partial charge < -0.3 is 15.2 Å². The number of carbonyl (C=O) groups excluding carboxylic acids is 1. The molecule has 1 aromatic rings. The zero-order valence-corrected chi connectivity index (χ0v) is 13.2. The maximum Gasteiger partial charge on any atom is 0.408 e. The zero-order valence-electron chi connectivity index (χ0n) is 13.2. The molecule has 0 spiro atoms. The Morgan fingerprint density at radius 3 is 2.33 bits per heavy atom. The molecule has 1 aromatic carbocycles. The SMILES string of the molecule is Cc1ccc(C(CC(=O)O)NC(=O)OC(C)(C)C)cc1C. The lowest BCUT2D eigenvalue weighted by Gasteiger charge is -2.23. The lowest BCUT2D eigenvalue weighted by molar-refractivity contribution is -0.137. The van der Waals surface area contributed by atoms with Gasteiger partial charge in [-0.05, 0) is 51.3 Å². The van der Waals surface area contributed by atoms with Crippen molar-refractivity contribution >= 4 is 12.1 Å². The van der Waals surface area contributed by atoms with Gasteiger partial charge in [0.1, 0.15) is 5.60 Å². The number of rotatable bonds is 4. The van der Waals surface area contributed by atoms with E-state index in [4.69, 9.17) is 9.84 Å². The molecule has 1 amide bonds. The molecule has 0 radical (unpaired) electrons. The van der Waals surface area contributed by atoms with E-state index in [2.05, 4.69) is 5.32 Å². The molecule has 0 aliphatic rings. The number of carboxylic acid groups (broad SMARTS) is 1. The van der Waals surface area contributed by atoms with E-state index in [9.17, 15) is 9.59 Å². The number of aliphatic carboxylic acids is 1. The van der Waals surface area contributed by atoms with Gasteiger partial charge in [0.15, 0.2) is 0 Å². The topological polar surface area (TPSA) is 75.6 Å². The minimum Gasteiger partial charge on any atom is -0.481 e. The second-order valence-corrected chi connectivity index (χ2v) is 6.14. The molecule has 0 aromatic heterocycles. The molecule has 5 nitrogen and oxygen atoms in total. The molecule has 0 saturated carbocycles. The van der Waals surface area contributed by atoms with Crippen molar-refractivity contribution in [2.45, 2.75) is 52.7 Å². The average molecular weight is 293 g/mol. The molecule has 1 atom stereocenters. The Morgan fingerprint density at radius 2 is 1.86 bits per heavy atom. The van der Waals surface area contributed by atoms with E-state index in [0.29, 0.717) is 0 Å². The van der Waals surface area contributed by atoms with Crippen LogP contribution in [0.5, 0.6) is 0 Å². The summed E-state index contributed by atoms with van der Waals surface area (Å²) in [6.45, 7) is 9.20. The van der Waals surface area contributed by atoms with Crippen molar-refractivity contribution in [3.8, 4) is 0 Å². The number of benzene rings is 1. The quantitative estimate of drug-likeness (QED) is 0.892. The van der Waals surface area contributed by atoms with Crippen LogP contribution in [0.2, 0.25) is 0 Å². The monoisotopic (exact) mass is 293 g/mol. The molecule has 1 rings (SSSR count). The summed E-state index contributed by atoms with van der Waals surface area (Å²) in [6, 6.07) is 5.01. The Balaban J connectivity index is 2.92. The molecule has 116 valence electrons. The van der Waals surface area contributed by atoms with Crippen LogP contribution in [0, 0.1) is 13.8 Å². The first-order chi connectivity index (χ1) is 9.58. The number of carboxylic acids is 1. The predicted molar refractivity (Wildman–Crippen MR) is 80.3 cm³/mol. The fourth-order valence-electron chi connectivity index (χ4n) is 1.86. The number of hydrogen-bond acceptors (Lipinski definition) is 3. The second-order valence-electron chi connectivity index (χ2n) is 6.14. The summed E-state index contributed by atoms with van der Waals surface area (Å²) in [5, 5.41) is 11.6. The summed E-state index contributed by atoms with van der Waals surface area (Å²) in [4.78, 5) is 22.9. The van der Waals surface area contributed by atoms with Gasteiger partial charge in [0.05, 0.1) is 12.5 Å². The normalized spacial score (nSPS) is 12.6. The maximum atomic E-state index is 11.8. The second kappa shape index (κ2) is 6.61. The van der Waals surface area contributed by atoms with Crippen LogP contribution in [0.3, 0.4) is 0 Å². The summed E-state index contributed by atoms with van der Waals surface area (Å²) in [5.41, 5.74) is 2.30. The highest BCUT2D eigenvalue weighted by Crippen LogP contribution is 2.21. The summed E-state index contributed by atoms with van der Waals surface area (Å²) >= 11 is 0. The first-order valence-electron chi connectivity index (χ1n) is 6.87. The average Bonchev–Trinajstić information content (AvgIpc) is 2.28. The molecule has 2 N–H and O–H groups in total. The van der Waals surface area contributed by atoms with Crippen molar-refractivity contribution in [1.82, 2.24) is 5.32 Å². The number of aryl methyl sites for hydroxylation is 2. The van der Waals surface area contributed by atoms with E-state index in [1.807, 2.05) is 32.0 Å². The summed E-state index contributed by atoms with van der Waals surface area (Å²) < 4.78 is 5.18. The zero-order chi connectivity index (χ0) is 16.2. The van der Waals surface area contributed by atoms with Crippen molar-refractivity contribution in [3.63, 3.8) is 0 Å². The third-order valence-electron chi connectivity index (χ3n) is 3.00. The molecule has 0 heterocycles. The Kier molecular flexibility index (Phi) is 5.35. The van der Waals surface area contributed by atoms with Crippen LogP contribution in [0.25, 0.3) is 0 Å². The van der Waals surface area contributed by atoms with Gasteiger partial charge in [-0.1, -0.05) is 18.2 Å². The van der Waals surface area contributed by atoms with Crippen LogP contribution < -0.4 is 5.32 Å². The highest BCUT2D eigenvalue weighted by Gasteiger charge is 2.22. The lowest BCUT2D eigenvalue weighted by atomic mass is 9.99. The van der Waals surface area contributed by atoms with E-state index in [-0.39, 0.29) is 6.42 Å². The molecule has 21 heavy (non-hydrogen) atoms. The smallest absolute Gasteiger partial charge is 0.408 e. The van der Waals surface area contributed by atoms with Crippen LogP contribution in [0.1, 0.15) is 49.9 Å². The van der Waals surface area contributed by atoms with Gasteiger partial charge >= 0.3 is 12.1 Å². The van der Waals surface area contributed by atoms with Gasteiger partial charge in [-0.25, -0.2) is 4.79 Å². The molecule has 0 aliphatic carbocycles. The van der Waals surface area contributed by atoms with Crippen molar-refractivity contribution < 1.29 is 19.4 Å². The first kappa shape index (κ1) is 17.0. The molecule has 5 heteroatoms. The van der Waals surface area contributed by atoms with Crippen molar-refractivity contribution in [2.75, 3.05) is 0 Å². The predicted octanol–water partition coefficient (Wildman–Crippen LogP) is 3.34. The Morgan fingerprint density at radius 1 is 1.24 bits per heavy atom. The van der Waals surface area contributed by atoms with Gasteiger partial charge in [-0.2, -0.15) is 0 Å². The Hall–Kier alpha value is -2.04.